The van der Waals surface area contributed by atoms with E-state index < -0.39 is 0 Å². The molecule has 1 heterocycles. The summed E-state index contributed by atoms with van der Waals surface area (Å²) in [6.45, 7) is 0. The van der Waals surface area contributed by atoms with Gasteiger partial charge in [0.2, 0.25) is 0 Å². The van der Waals surface area contributed by atoms with E-state index in [2.05, 4.69) is 0 Å². The van der Waals surface area contributed by atoms with Crippen molar-refractivity contribution in [2.75, 3.05) is 11.5 Å². The standard InChI is InChI=1S/C13H10N2OS/c14-7-1-3-11-9(5-7)13(16)10-6-8(15)2-4-12(10)17-11/h1-6H,14-15H2. The fraction of sp³-hybridized carbons (Fsp3) is 0. The molecule has 0 atom stereocenters. The van der Waals surface area contributed by atoms with Gasteiger partial charge in [-0.3, -0.25) is 4.79 Å². The van der Waals surface area contributed by atoms with Crippen molar-refractivity contribution < 1.29 is 0 Å². The minimum atomic E-state index is -0.00616. The molecule has 0 fully saturated rings. The van der Waals surface area contributed by atoms with Crippen LogP contribution < -0.4 is 16.9 Å². The Balaban J connectivity index is 2.58. The summed E-state index contributed by atoms with van der Waals surface area (Å²) in [6, 6.07) is 10.8. The highest BCUT2D eigenvalue weighted by Gasteiger charge is 2.06. The molecule has 2 aromatic carbocycles. The first kappa shape index (κ1) is 10.1. The Morgan fingerprint density at radius 1 is 0.824 bits per heavy atom. The Morgan fingerprint density at radius 2 is 1.29 bits per heavy atom. The summed E-state index contributed by atoms with van der Waals surface area (Å²) in [5.74, 6) is 0. The van der Waals surface area contributed by atoms with Gasteiger partial charge >= 0.3 is 0 Å². The third kappa shape index (κ3) is 1.54. The molecule has 0 aliphatic heterocycles. The SMILES string of the molecule is Nc1ccc2sc3ccc(N)cc3c(=O)c2c1. The van der Waals surface area contributed by atoms with E-state index in [0.717, 1.165) is 9.40 Å². The van der Waals surface area contributed by atoms with Crippen LogP contribution in [0.2, 0.25) is 0 Å². The van der Waals surface area contributed by atoms with Gasteiger partial charge in [-0.1, -0.05) is 0 Å². The molecule has 3 aromatic rings. The number of rotatable bonds is 0. The van der Waals surface area contributed by atoms with Crippen LogP contribution in [0, 0.1) is 0 Å². The molecule has 0 radical (unpaired) electrons. The first-order valence-corrected chi connectivity index (χ1v) is 5.98. The van der Waals surface area contributed by atoms with Crippen molar-refractivity contribution in [2.45, 2.75) is 0 Å². The smallest absolute Gasteiger partial charge is 0.196 e. The van der Waals surface area contributed by atoms with Crippen molar-refractivity contribution >= 4 is 42.9 Å². The lowest BCUT2D eigenvalue weighted by Gasteiger charge is -2.02. The van der Waals surface area contributed by atoms with Gasteiger partial charge in [0, 0.05) is 31.5 Å². The highest BCUT2D eigenvalue weighted by Crippen LogP contribution is 2.26. The van der Waals surface area contributed by atoms with Crippen molar-refractivity contribution in [2.24, 2.45) is 0 Å². The minimum Gasteiger partial charge on any atom is -0.399 e. The van der Waals surface area contributed by atoms with E-state index >= 15 is 0 Å². The highest BCUT2D eigenvalue weighted by molar-refractivity contribution is 7.24. The van der Waals surface area contributed by atoms with E-state index in [9.17, 15) is 4.79 Å². The highest BCUT2D eigenvalue weighted by atomic mass is 32.1. The quantitative estimate of drug-likeness (QED) is 0.470. The van der Waals surface area contributed by atoms with Crippen molar-refractivity contribution in [1.29, 1.82) is 0 Å². The number of hydrogen-bond donors (Lipinski definition) is 2. The van der Waals surface area contributed by atoms with Gasteiger partial charge in [-0.15, -0.1) is 11.3 Å². The molecule has 3 nitrogen and oxygen atoms in total. The summed E-state index contributed by atoms with van der Waals surface area (Å²) in [4.78, 5) is 12.3. The Labute approximate surface area is 101 Å². The van der Waals surface area contributed by atoms with Gasteiger partial charge in [-0.05, 0) is 36.4 Å². The third-order valence-corrected chi connectivity index (χ3v) is 3.87. The Morgan fingerprint density at radius 3 is 1.76 bits per heavy atom. The van der Waals surface area contributed by atoms with Gasteiger partial charge < -0.3 is 11.5 Å². The second-order valence-corrected chi connectivity index (χ2v) is 5.03. The zero-order valence-corrected chi connectivity index (χ0v) is 9.75. The summed E-state index contributed by atoms with van der Waals surface area (Å²) in [5, 5.41) is 1.32. The molecule has 4 N–H and O–H groups in total. The molecule has 0 saturated carbocycles. The Kier molecular flexibility index (Phi) is 2.06. The van der Waals surface area contributed by atoms with Crippen molar-refractivity contribution in [1.82, 2.24) is 0 Å². The molecule has 84 valence electrons. The van der Waals surface area contributed by atoms with Crippen LogP contribution in [0.5, 0.6) is 0 Å². The molecule has 0 aliphatic rings. The van der Waals surface area contributed by atoms with Gasteiger partial charge in [0.15, 0.2) is 5.43 Å². The Hall–Kier alpha value is -2.07. The molecule has 0 unspecified atom stereocenters. The molecule has 0 amide bonds. The van der Waals surface area contributed by atoms with E-state index in [0.29, 0.717) is 22.1 Å². The van der Waals surface area contributed by atoms with E-state index in [1.807, 2.05) is 12.1 Å². The summed E-state index contributed by atoms with van der Waals surface area (Å²) in [5.41, 5.74) is 12.6. The summed E-state index contributed by atoms with van der Waals surface area (Å²) < 4.78 is 1.89. The number of nitrogens with two attached hydrogens (primary N) is 2. The molecular weight excluding hydrogens is 232 g/mol. The molecule has 0 saturated heterocycles. The van der Waals surface area contributed by atoms with Crippen LogP contribution in [0.15, 0.2) is 41.2 Å². The van der Waals surface area contributed by atoms with E-state index in [-0.39, 0.29) is 5.43 Å². The fourth-order valence-corrected chi connectivity index (χ4v) is 2.92. The lowest BCUT2D eigenvalue weighted by Crippen LogP contribution is -2.02. The summed E-state index contributed by atoms with van der Waals surface area (Å²) >= 11 is 1.57. The average Bonchev–Trinajstić information content (AvgIpc) is 2.32. The van der Waals surface area contributed by atoms with E-state index in [1.165, 1.54) is 0 Å². The topological polar surface area (TPSA) is 69.1 Å². The number of fused-ring (bicyclic) bond motifs is 2. The lowest BCUT2D eigenvalue weighted by molar-refractivity contribution is 1.72. The van der Waals surface area contributed by atoms with Crippen LogP contribution in [0.4, 0.5) is 11.4 Å². The number of anilines is 2. The molecular formula is C13H10N2OS. The third-order valence-electron chi connectivity index (χ3n) is 2.72. The maximum Gasteiger partial charge on any atom is 0.196 e. The summed E-state index contributed by atoms with van der Waals surface area (Å²) in [6.07, 6.45) is 0. The van der Waals surface area contributed by atoms with Crippen molar-refractivity contribution in [3.8, 4) is 0 Å². The predicted molar refractivity (Wildman–Crippen MR) is 74.4 cm³/mol. The number of hydrogen-bond acceptors (Lipinski definition) is 4. The molecule has 0 aliphatic carbocycles. The lowest BCUT2D eigenvalue weighted by atomic mass is 10.1. The maximum absolute atomic E-state index is 12.3. The monoisotopic (exact) mass is 242 g/mol. The van der Waals surface area contributed by atoms with E-state index in [1.54, 1.807) is 35.6 Å². The second-order valence-electron chi connectivity index (χ2n) is 3.94. The zero-order chi connectivity index (χ0) is 12.0. The van der Waals surface area contributed by atoms with Gasteiger partial charge in [0.1, 0.15) is 0 Å². The number of nitrogen functional groups attached to an aromatic ring is 2. The molecule has 0 bridgehead atoms. The van der Waals surface area contributed by atoms with Gasteiger partial charge in [0.25, 0.3) is 0 Å². The largest absolute Gasteiger partial charge is 0.399 e. The molecule has 17 heavy (non-hydrogen) atoms. The van der Waals surface area contributed by atoms with Crippen molar-refractivity contribution in [3.05, 3.63) is 46.6 Å². The van der Waals surface area contributed by atoms with Crippen LogP contribution in [-0.4, -0.2) is 0 Å². The maximum atomic E-state index is 12.3. The molecule has 4 heteroatoms. The van der Waals surface area contributed by atoms with Gasteiger partial charge in [-0.25, -0.2) is 0 Å². The fourth-order valence-electron chi connectivity index (χ4n) is 1.89. The van der Waals surface area contributed by atoms with Crippen LogP contribution in [0.3, 0.4) is 0 Å². The Bertz CT molecular complexity index is 729. The summed E-state index contributed by atoms with van der Waals surface area (Å²) in [7, 11) is 0. The molecule has 3 rings (SSSR count). The molecule has 1 aromatic heterocycles. The number of benzene rings is 2. The first-order valence-electron chi connectivity index (χ1n) is 5.17. The van der Waals surface area contributed by atoms with Gasteiger partial charge in [0.05, 0.1) is 0 Å². The first-order chi connectivity index (χ1) is 8.15. The van der Waals surface area contributed by atoms with E-state index in [4.69, 9.17) is 11.5 Å². The van der Waals surface area contributed by atoms with Crippen LogP contribution in [0.25, 0.3) is 20.2 Å². The van der Waals surface area contributed by atoms with Crippen molar-refractivity contribution in [3.63, 3.8) is 0 Å². The van der Waals surface area contributed by atoms with Crippen LogP contribution in [-0.2, 0) is 0 Å². The average molecular weight is 242 g/mol. The normalized spacial score (nSPS) is 11.1. The van der Waals surface area contributed by atoms with Crippen LogP contribution >= 0.6 is 11.3 Å². The second kappa shape index (κ2) is 3.46. The predicted octanol–water partition coefficient (Wildman–Crippen LogP) is 2.58. The minimum absolute atomic E-state index is 0.00616. The zero-order valence-electron chi connectivity index (χ0n) is 8.94. The van der Waals surface area contributed by atoms with Crippen LogP contribution in [0.1, 0.15) is 0 Å². The molecule has 0 spiro atoms. The van der Waals surface area contributed by atoms with Gasteiger partial charge in [-0.2, -0.15) is 0 Å².